The first-order valence-electron chi connectivity index (χ1n) is 13.5. The molecule has 0 aliphatic rings. The second-order valence-corrected chi connectivity index (χ2v) is 9.99. The largest absolute Gasteiger partial charge is 0.530 e. The topological polar surface area (TPSA) is 112 Å². The molecule has 4 rings (SSSR count). The van der Waals surface area contributed by atoms with Crippen LogP contribution in [0.15, 0.2) is 72.9 Å². The van der Waals surface area contributed by atoms with Crippen molar-refractivity contribution in [3.05, 3.63) is 95.2 Å². The van der Waals surface area contributed by atoms with Gasteiger partial charge in [-0.1, -0.05) is 18.2 Å². The molecular weight excluding hydrogens is 534 g/mol. The maximum Gasteiger partial charge on any atom is 0.229 e. The Morgan fingerprint density at radius 1 is 0.952 bits per heavy atom. The third kappa shape index (κ3) is 7.08. The van der Waals surface area contributed by atoms with Crippen molar-refractivity contribution in [3.8, 4) is 17.2 Å². The molecule has 0 spiro atoms. The Hall–Kier alpha value is -4.83. The molecule has 42 heavy (non-hydrogen) atoms. The van der Waals surface area contributed by atoms with E-state index in [0.717, 1.165) is 33.9 Å². The smallest absolute Gasteiger partial charge is 0.229 e. The number of aryl methyl sites for hydroxylation is 2. The summed E-state index contributed by atoms with van der Waals surface area (Å²) in [4.78, 5) is 25.0. The standard InChI is InChI=1S/C32H37N5O5/c1-21-8-7-9-22(2)29(21)30(26-20-25(40-5)14-15-27(26)41-6)37(32(38)39)28-16-17-33-31(35-28)34-23-10-12-24(13-11-23)42-19-18-36(3)4/h7-17,20,30H,18-19H2,1-6H3,(H,38,39)(H,33,34,35)/p-1. The van der Waals surface area contributed by atoms with Gasteiger partial charge in [0, 0.05) is 24.0 Å². The maximum atomic E-state index is 12.9. The molecule has 1 amide bonds. The number of methoxy groups -OCH3 is 2. The highest BCUT2D eigenvalue weighted by Gasteiger charge is 2.31. The summed E-state index contributed by atoms with van der Waals surface area (Å²) in [7, 11) is 7.08. The van der Waals surface area contributed by atoms with Gasteiger partial charge in [-0.15, -0.1) is 0 Å². The zero-order chi connectivity index (χ0) is 30.2. The average molecular weight is 571 g/mol. The van der Waals surface area contributed by atoms with E-state index in [1.165, 1.54) is 12.3 Å². The number of ether oxygens (including phenoxy) is 3. The summed E-state index contributed by atoms with van der Waals surface area (Å²) < 4.78 is 16.9. The number of nitrogens with one attached hydrogen (secondary N) is 1. The van der Waals surface area contributed by atoms with Crippen LogP contribution < -0.4 is 29.5 Å². The number of carbonyl (C=O) groups excluding carboxylic acids is 1. The van der Waals surface area contributed by atoms with Gasteiger partial charge in [-0.2, -0.15) is 4.98 Å². The molecule has 0 bridgehead atoms. The van der Waals surface area contributed by atoms with Crippen LogP contribution in [0.25, 0.3) is 0 Å². The second kappa shape index (κ2) is 13.7. The number of carboxylic acid groups (broad SMARTS) is 1. The molecule has 1 atom stereocenters. The van der Waals surface area contributed by atoms with Gasteiger partial charge >= 0.3 is 0 Å². The zero-order valence-electron chi connectivity index (χ0n) is 24.7. The average Bonchev–Trinajstić information content (AvgIpc) is 2.97. The summed E-state index contributed by atoms with van der Waals surface area (Å²) in [6.07, 6.45) is 0.0700. The van der Waals surface area contributed by atoms with Crippen LogP contribution in [0, 0.1) is 13.8 Å². The number of anilines is 3. The molecule has 3 aromatic carbocycles. The molecule has 1 N–H and O–H groups in total. The molecular formula is C32H36N5O5-. The molecule has 220 valence electrons. The summed E-state index contributed by atoms with van der Waals surface area (Å²) >= 11 is 0. The SMILES string of the molecule is COc1ccc(OC)c(C(c2c(C)cccc2C)N(C(=O)[O-])c2ccnc(Nc3ccc(OCCN(C)C)cc3)n2)c1. The molecule has 10 heteroatoms. The van der Waals surface area contributed by atoms with E-state index in [9.17, 15) is 9.90 Å². The quantitative estimate of drug-likeness (QED) is 0.258. The molecule has 0 aliphatic heterocycles. The van der Waals surface area contributed by atoms with Crippen LogP contribution in [-0.2, 0) is 0 Å². The first kappa shape index (κ1) is 30.1. The van der Waals surface area contributed by atoms with Crippen molar-refractivity contribution in [3.63, 3.8) is 0 Å². The lowest BCUT2D eigenvalue weighted by molar-refractivity contribution is -0.247. The Morgan fingerprint density at radius 3 is 2.26 bits per heavy atom. The number of amides is 1. The van der Waals surface area contributed by atoms with Crippen molar-refractivity contribution in [2.24, 2.45) is 0 Å². The minimum absolute atomic E-state index is 0.133. The van der Waals surface area contributed by atoms with Crippen LogP contribution in [0.2, 0.25) is 0 Å². The van der Waals surface area contributed by atoms with Crippen molar-refractivity contribution < 1.29 is 24.1 Å². The van der Waals surface area contributed by atoms with Gasteiger partial charge in [0.05, 0.1) is 20.3 Å². The van der Waals surface area contributed by atoms with Crippen LogP contribution in [0.1, 0.15) is 28.3 Å². The van der Waals surface area contributed by atoms with E-state index in [-0.39, 0.29) is 11.8 Å². The van der Waals surface area contributed by atoms with E-state index < -0.39 is 12.1 Å². The van der Waals surface area contributed by atoms with E-state index in [2.05, 4.69) is 15.3 Å². The van der Waals surface area contributed by atoms with Crippen LogP contribution >= 0.6 is 0 Å². The highest BCUT2D eigenvalue weighted by Crippen LogP contribution is 2.41. The third-order valence-electron chi connectivity index (χ3n) is 6.81. The second-order valence-electron chi connectivity index (χ2n) is 9.99. The number of nitrogens with zero attached hydrogens (tertiary/aromatic N) is 4. The Morgan fingerprint density at radius 2 is 1.64 bits per heavy atom. The number of hydrogen-bond acceptors (Lipinski definition) is 9. The molecule has 4 aromatic rings. The van der Waals surface area contributed by atoms with Gasteiger partial charge in [0.15, 0.2) is 0 Å². The Balaban J connectivity index is 1.74. The Kier molecular flexibility index (Phi) is 9.82. The molecule has 0 saturated carbocycles. The number of carbonyl (C=O) groups is 1. The van der Waals surface area contributed by atoms with E-state index >= 15 is 0 Å². The summed E-state index contributed by atoms with van der Waals surface area (Å²) in [5.41, 5.74) is 3.88. The summed E-state index contributed by atoms with van der Waals surface area (Å²) in [5, 5.41) is 16.1. The summed E-state index contributed by atoms with van der Waals surface area (Å²) in [6.45, 7) is 5.26. The van der Waals surface area contributed by atoms with Gasteiger partial charge in [-0.25, -0.2) is 4.98 Å². The third-order valence-corrected chi connectivity index (χ3v) is 6.81. The number of likely N-dealkylation sites (N-methyl/N-ethyl adjacent to an activating group) is 1. The van der Waals surface area contributed by atoms with Gasteiger partial charge in [0.2, 0.25) is 5.95 Å². The number of aromatic nitrogens is 2. The van der Waals surface area contributed by atoms with Gasteiger partial charge < -0.3 is 39.2 Å². The van der Waals surface area contributed by atoms with Gasteiger partial charge in [-0.05, 0) is 93.2 Å². The fraction of sp³-hybridized carbons (Fsp3) is 0.281. The molecule has 1 unspecified atom stereocenters. The van der Waals surface area contributed by atoms with Crippen LogP contribution in [0.5, 0.6) is 17.2 Å². The molecule has 0 aliphatic carbocycles. The number of rotatable bonds is 12. The lowest BCUT2D eigenvalue weighted by atomic mass is 9.89. The van der Waals surface area contributed by atoms with E-state index in [1.807, 2.05) is 75.3 Å². The summed E-state index contributed by atoms with van der Waals surface area (Å²) in [6, 6.07) is 19.2. The lowest BCUT2D eigenvalue weighted by Gasteiger charge is -2.36. The molecule has 0 saturated heterocycles. The minimum atomic E-state index is -1.43. The minimum Gasteiger partial charge on any atom is -0.530 e. The van der Waals surface area contributed by atoms with Crippen LogP contribution in [0.3, 0.4) is 0 Å². The lowest BCUT2D eigenvalue weighted by Crippen LogP contribution is -2.45. The van der Waals surface area contributed by atoms with E-state index in [4.69, 9.17) is 14.2 Å². The monoisotopic (exact) mass is 570 g/mol. The van der Waals surface area contributed by atoms with Crippen molar-refractivity contribution >= 4 is 23.5 Å². The van der Waals surface area contributed by atoms with E-state index in [0.29, 0.717) is 29.4 Å². The van der Waals surface area contributed by atoms with E-state index in [1.54, 1.807) is 32.4 Å². The normalized spacial score (nSPS) is 11.6. The molecule has 1 heterocycles. The molecule has 0 fully saturated rings. The highest BCUT2D eigenvalue weighted by molar-refractivity contribution is 5.86. The van der Waals surface area contributed by atoms with Gasteiger partial charge in [-0.3, -0.25) is 0 Å². The van der Waals surface area contributed by atoms with Gasteiger partial charge in [0.25, 0.3) is 0 Å². The van der Waals surface area contributed by atoms with Gasteiger partial charge in [0.1, 0.15) is 35.8 Å². The Labute approximate surface area is 246 Å². The van der Waals surface area contributed by atoms with Crippen LogP contribution in [0.4, 0.5) is 22.2 Å². The first-order valence-corrected chi connectivity index (χ1v) is 13.5. The fourth-order valence-corrected chi connectivity index (χ4v) is 4.72. The molecule has 1 aromatic heterocycles. The van der Waals surface area contributed by atoms with Crippen molar-refractivity contribution in [2.75, 3.05) is 51.7 Å². The van der Waals surface area contributed by atoms with Crippen molar-refractivity contribution in [2.45, 2.75) is 19.9 Å². The summed E-state index contributed by atoms with van der Waals surface area (Å²) in [5.74, 6) is 2.14. The van der Waals surface area contributed by atoms with Crippen LogP contribution in [-0.4, -0.2) is 62.4 Å². The predicted octanol–water partition coefficient (Wildman–Crippen LogP) is 4.73. The Bertz CT molecular complexity index is 1490. The molecule has 10 nitrogen and oxygen atoms in total. The number of hydrogen-bond donors (Lipinski definition) is 1. The number of benzene rings is 3. The molecule has 0 radical (unpaired) electrons. The maximum absolute atomic E-state index is 12.9. The predicted molar refractivity (Wildman–Crippen MR) is 161 cm³/mol. The highest BCUT2D eigenvalue weighted by atomic mass is 16.5. The van der Waals surface area contributed by atoms with Crippen molar-refractivity contribution in [1.29, 1.82) is 0 Å². The fourth-order valence-electron chi connectivity index (χ4n) is 4.72. The van der Waals surface area contributed by atoms with Crippen molar-refractivity contribution in [1.82, 2.24) is 14.9 Å². The zero-order valence-corrected chi connectivity index (χ0v) is 24.7. The first-order chi connectivity index (χ1) is 20.2.